The molecule has 0 saturated heterocycles. The van der Waals surface area contributed by atoms with Crippen LogP contribution in [0.1, 0.15) is 26.7 Å². The first kappa shape index (κ1) is 11.9. The van der Waals surface area contributed by atoms with Gasteiger partial charge in [-0.25, -0.2) is 4.98 Å². The highest BCUT2D eigenvalue weighted by molar-refractivity contribution is 6.00. The molecule has 0 aromatic carbocycles. The summed E-state index contributed by atoms with van der Waals surface area (Å²) < 4.78 is 5.51. The lowest BCUT2D eigenvalue weighted by atomic mass is 10.2. The van der Waals surface area contributed by atoms with Gasteiger partial charge in [0.05, 0.1) is 11.6 Å². The first-order valence-electron chi connectivity index (χ1n) is 5.73. The van der Waals surface area contributed by atoms with E-state index in [2.05, 4.69) is 10.3 Å². The van der Waals surface area contributed by atoms with E-state index >= 15 is 0 Å². The number of amides is 1. The van der Waals surface area contributed by atoms with Crippen LogP contribution >= 0.6 is 0 Å². The van der Waals surface area contributed by atoms with Gasteiger partial charge >= 0.3 is 0 Å². The van der Waals surface area contributed by atoms with Crippen molar-refractivity contribution in [3.8, 4) is 5.88 Å². The summed E-state index contributed by atoms with van der Waals surface area (Å²) in [4.78, 5) is 15.9. The molecule has 0 radical (unpaired) electrons. The lowest BCUT2D eigenvalue weighted by molar-refractivity contribution is -0.118. The second kappa shape index (κ2) is 4.33. The number of hydrogen-bond acceptors (Lipinski definition) is 4. The summed E-state index contributed by atoms with van der Waals surface area (Å²) in [5.74, 6) is 0.263. The van der Waals surface area contributed by atoms with Gasteiger partial charge in [0.25, 0.3) is 0 Å². The van der Waals surface area contributed by atoms with Crippen LogP contribution in [-0.2, 0) is 4.79 Å². The molecule has 5 nitrogen and oxygen atoms in total. The minimum absolute atomic E-state index is 0.00770. The predicted molar refractivity (Wildman–Crippen MR) is 64.8 cm³/mol. The van der Waals surface area contributed by atoms with Gasteiger partial charge in [-0.2, -0.15) is 0 Å². The normalized spacial score (nSPS) is 16.7. The molecule has 0 atom stereocenters. The van der Waals surface area contributed by atoms with Crippen LogP contribution < -0.4 is 15.8 Å². The summed E-state index contributed by atoms with van der Waals surface area (Å²) in [7, 11) is 0. The second-order valence-electron chi connectivity index (χ2n) is 4.63. The fourth-order valence-electron chi connectivity index (χ4n) is 1.41. The van der Waals surface area contributed by atoms with E-state index in [9.17, 15) is 4.79 Å². The number of anilines is 1. The number of nitrogens with zero attached hydrogens (tertiary/aromatic N) is 1. The highest BCUT2D eigenvalue weighted by Crippen LogP contribution is 2.34. The van der Waals surface area contributed by atoms with E-state index in [0.29, 0.717) is 11.6 Å². The van der Waals surface area contributed by atoms with E-state index in [0.717, 1.165) is 12.8 Å². The largest absolute Gasteiger partial charge is 0.473 e. The molecular formula is C12H17N3O2. The van der Waals surface area contributed by atoms with E-state index in [-0.39, 0.29) is 12.0 Å². The predicted octanol–water partition coefficient (Wildman–Crippen LogP) is 1.30. The summed E-state index contributed by atoms with van der Waals surface area (Å²) >= 11 is 0. The minimum atomic E-state index is -0.690. The maximum absolute atomic E-state index is 11.8. The molecule has 0 aliphatic heterocycles. The highest BCUT2D eigenvalue weighted by atomic mass is 16.5. The van der Waals surface area contributed by atoms with Gasteiger partial charge in [-0.15, -0.1) is 0 Å². The number of hydrogen-bond donors (Lipinski definition) is 2. The van der Waals surface area contributed by atoms with Crippen molar-refractivity contribution >= 4 is 11.6 Å². The first-order chi connectivity index (χ1) is 8.01. The lowest BCUT2D eigenvalue weighted by Gasteiger charge is -2.15. The number of ether oxygens (including phenoxy) is 1. The third-order valence-corrected chi connectivity index (χ3v) is 2.61. The molecule has 92 valence electrons. The van der Waals surface area contributed by atoms with E-state index in [1.807, 2.05) is 13.8 Å². The zero-order valence-electron chi connectivity index (χ0n) is 10.1. The Kier molecular flexibility index (Phi) is 3.02. The smallest absolute Gasteiger partial charge is 0.244 e. The Bertz CT molecular complexity index is 428. The van der Waals surface area contributed by atoms with E-state index in [1.54, 1.807) is 18.3 Å². The van der Waals surface area contributed by atoms with Crippen molar-refractivity contribution in [3.05, 3.63) is 18.3 Å². The Balaban J connectivity index is 2.12. The Hall–Kier alpha value is -1.62. The van der Waals surface area contributed by atoms with Crippen molar-refractivity contribution in [2.45, 2.75) is 38.3 Å². The zero-order valence-corrected chi connectivity index (χ0v) is 10.1. The standard InChI is InChI=1S/C12H17N3O2/c1-8(2)17-10-9(4-3-7-14-10)15-11(16)12(13)5-6-12/h3-4,7-8H,5-6,13H2,1-2H3,(H,15,16). The molecular weight excluding hydrogens is 218 g/mol. The molecule has 1 aliphatic rings. The van der Waals surface area contributed by atoms with E-state index in [1.165, 1.54) is 0 Å². The van der Waals surface area contributed by atoms with Gasteiger partial charge in [0, 0.05) is 6.20 Å². The molecule has 2 rings (SSSR count). The van der Waals surface area contributed by atoms with Gasteiger partial charge in [0.1, 0.15) is 5.69 Å². The quantitative estimate of drug-likeness (QED) is 0.824. The molecule has 0 bridgehead atoms. The summed E-state index contributed by atoms with van der Waals surface area (Å²) in [5, 5.41) is 2.77. The topological polar surface area (TPSA) is 77.2 Å². The Labute approximate surface area is 100 Å². The molecule has 5 heteroatoms. The molecule has 1 saturated carbocycles. The molecule has 1 amide bonds. The Morgan fingerprint density at radius 1 is 1.59 bits per heavy atom. The van der Waals surface area contributed by atoms with Crippen LogP contribution in [0.5, 0.6) is 5.88 Å². The summed E-state index contributed by atoms with van der Waals surface area (Å²) in [6.45, 7) is 3.82. The van der Waals surface area contributed by atoms with Crippen LogP contribution in [0.3, 0.4) is 0 Å². The molecule has 0 spiro atoms. The van der Waals surface area contributed by atoms with Gasteiger partial charge in [0.2, 0.25) is 11.8 Å². The first-order valence-corrected chi connectivity index (χ1v) is 5.73. The molecule has 0 unspecified atom stereocenters. The number of pyridine rings is 1. The molecule has 1 heterocycles. The molecule has 1 aromatic rings. The monoisotopic (exact) mass is 235 g/mol. The molecule has 3 N–H and O–H groups in total. The number of aromatic nitrogens is 1. The maximum Gasteiger partial charge on any atom is 0.244 e. The van der Waals surface area contributed by atoms with Crippen LogP contribution in [0.15, 0.2) is 18.3 Å². The fourth-order valence-corrected chi connectivity index (χ4v) is 1.41. The van der Waals surface area contributed by atoms with Gasteiger partial charge in [0.15, 0.2) is 0 Å². The third kappa shape index (κ3) is 2.74. The van der Waals surface area contributed by atoms with Crippen molar-refractivity contribution in [2.24, 2.45) is 5.73 Å². The van der Waals surface area contributed by atoms with Gasteiger partial charge in [-0.1, -0.05) is 0 Å². The van der Waals surface area contributed by atoms with Crippen LogP contribution in [0.25, 0.3) is 0 Å². The average Bonchev–Trinajstić information content (AvgIpc) is 3.00. The fraction of sp³-hybridized carbons (Fsp3) is 0.500. The van der Waals surface area contributed by atoms with Gasteiger partial charge in [-0.3, -0.25) is 4.79 Å². The number of rotatable bonds is 4. The SMILES string of the molecule is CC(C)Oc1ncccc1NC(=O)C1(N)CC1. The molecule has 1 aromatic heterocycles. The van der Waals surface area contributed by atoms with Crippen molar-refractivity contribution in [1.29, 1.82) is 0 Å². The van der Waals surface area contributed by atoms with Crippen LogP contribution in [-0.4, -0.2) is 22.5 Å². The van der Waals surface area contributed by atoms with Crippen LogP contribution in [0.4, 0.5) is 5.69 Å². The maximum atomic E-state index is 11.8. The number of nitrogens with two attached hydrogens (primary N) is 1. The van der Waals surface area contributed by atoms with Crippen molar-refractivity contribution in [2.75, 3.05) is 5.32 Å². The summed E-state index contributed by atoms with van der Waals surface area (Å²) in [5.41, 5.74) is 5.70. The van der Waals surface area contributed by atoms with Crippen LogP contribution in [0.2, 0.25) is 0 Å². The zero-order chi connectivity index (χ0) is 12.5. The third-order valence-electron chi connectivity index (χ3n) is 2.61. The lowest BCUT2D eigenvalue weighted by Crippen LogP contribution is -2.38. The molecule has 17 heavy (non-hydrogen) atoms. The van der Waals surface area contributed by atoms with Gasteiger partial charge in [-0.05, 0) is 38.8 Å². The summed E-state index contributed by atoms with van der Waals surface area (Å²) in [6, 6.07) is 3.51. The highest BCUT2D eigenvalue weighted by Gasteiger charge is 2.46. The van der Waals surface area contributed by atoms with Crippen LogP contribution in [0, 0.1) is 0 Å². The Morgan fingerprint density at radius 2 is 2.29 bits per heavy atom. The molecule has 1 aliphatic carbocycles. The van der Waals surface area contributed by atoms with Gasteiger partial charge < -0.3 is 15.8 Å². The number of carbonyl (C=O) groups excluding carboxylic acids is 1. The molecule has 1 fully saturated rings. The average molecular weight is 235 g/mol. The van der Waals surface area contributed by atoms with Crippen molar-refractivity contribution < 1.29 is 9.53 Å². The number of carbonyl (C=O) groups is 1. The Morgan fingerprint density at radius 3 is 2.88 bits per heavy atom. The van der Waals surface area contributed by atoms with E-state index < -0.39 is 5.54 Å². The minimum Gasteiger partial charge on any atom is -0.473 e. The summed E-state index contributed by atoms with van der Waals surface area (Å²) in [6.07, 6.45) is 3.11. The van der Waals surface area contributed by atoms with Crippen molar-refractivity contribution in [3.63, 3.8) is 0 Å². The number of nitrogens with one attached hydrogen (secondary N) is 1. The van der Waals surface area contributed by atoms with E-state index in [4.69, 9.17) is 10.5 Å². The second-order valence-corrected chi connectivity index (χ2v) is 4.63. The van der Waals surface area contributed by atoms with Crippen molar-refractivity contribution in [1.82, 2.24) is 4.98 Å².